The van der Waals surface area contributed by atoms with Crippen LogP contribution >= 0.6 is 0 Å². The van der Waals surface area contributed by atoms with E-state index in [-0.39, 0.29) is 35.8 Å². The van der Waals surface area contributed by atoms with Crippen LogP contribution in [-0.4, -0.2) is 13.2 Å². The summed E-state index contributed by atoms with van der Waals surface area (Å²) in [6, 6.07) is 6.55. The number of rotatable bonds is 7. The topological polar surface area (TPSA) is 18.5 Å². The van der Waals surface area contributed by atoms with E-state index in [1.54, 1.807) is 0 Å². The molecule has 0 radical (unpaired) electrons. The summed E-state index contributed by atoms with van der Waals surface area (Å²) in [5.74, 6) is -2.86. The first-order valence-corrected chi connectivity index (χ1v) is 7.22. The fourth-order valence-corrected chi connectivity index (χ4v) is 2.02. The standard InChI is InChI=1S/C18H17F3O2/c1-3-9-22-12-5-6-13(15(19)11-12)14-7-8-16(23-10-4-2)18(21)17(14)20/h3,5-8,11H,1,4,9-10H2,2H3. The number of hydrogen-bond donors (Lipinski definition) is 0. The van der Waals surface area contributed by atoms with Crippen molar-refractivity contribution in [1.82, 2.24) is 0 Å². The molecule has 2 nitrogen and oxygen atoms in total. The molecule has 0 aliphatic carbocycles. The van der Waals surface area contributed by atoms with Crippen molar-refractivity contribution in [2.24, 2.45) is 0 Å². The zero-order valence-electron chi connectivity index (χ0n) is 12.7. The summed E-state index contributed by atoms with van der Waals surface area (Å²) in [4.78, 5) is 0. The summed E-state index contributed by atoms with van der Waals surface area (Å²) in [7, 11) is 0. The van der Waals surface area contributed by atoms with Crippen LogP contribution in [0.3, 0.4) is 0 Å². The summed E-state index contributed by atoms with van der Waals surface area (Å²) < 4.78 is 52.6. The van der Waals surface area contributed by atoms with Gasteiger partial charge in [-0.25, -0.2) is 8.78 Å². The third-order valence-corrected chi connectivity index (χ3v) is 3.11. The molecule has 0 amide bonds. The summed E-state index contributed by atoms with van der Waals surface area (Å²) in [6.45, 7) is 5.85. The maximum atomic E-state index is 14.2. The van der Waals surface area contributed by atoms with Crippen LogP contribution in [0.15, 0.2) is 43.0 Å². The van der Waals surface area contributed by atoms with E-state index < -0.39 is 17.5 Å². The molecule has 0 saturated carbocycles. The first-order valence-electron chi connectivity index (χ1n) is 7.22. The third kappa shape index (κ3) is 3.86. The molecule has 23 heavy (non-hydrogen) atoms. The highest BCUT2D eigenvalue weighted by molar-refractivity contribution is 5.66. The fourth-order valence-electron chi connectivity index (χ4n) is 2.02. The number of benzene rings is 2. The van der Waals surface area contributed by atoms with E-state index in [1.165, 1.54) is 30.3 Å². The van der Waals surface area contributed by atoms with Gasteiger partial charge in [-0.15, -0.1) is 0 Å². The van der Waals surface area contributed by atoms with Crippen molar-refractivity contribution in [2.45, 2.75) is 13.3 Å². The van der Waals surface area contributed by atoms with Crippen molar-refractivity contribution in [3.8, 4) is 22.6 Å². The fraction of sp³-hybridized carbons (Fsp3) is 0.222. The van der Waals surface area contributed by atoms with Crippen molar-refractivity contribution in [3.63, 3.8) is 0 Å². The maximum absolute atomic E-state index is 14.2. The molecule has 0 aromatic heterocycles. The molecule has 0 spiro atoms. The monoisotopic (exact) mass is 322 g/mol. The molecule has 122 valence electrons. The lowest BCUT2D eigenvalue weighted by molar-refractivity contribution is 0.295. The van der Waals surface area contributed by atoms with Crippen molar-refractivity contribution in [3.05, 3.63) is 60.4 Å². The normalized spacial score (nSPS) is 10.4. The Hall–Kier alpha value is -2.43. The predicted molar refractivity (Wildman–Crippen MR) is 83.2 cm³/mol. The molecule has 0 unspecified atom stereocenters. The van der Waals surface area contributed by atoms with Gasteiger partial charge in [-0.3, -0.25) is 0 Å². The Kier molecular flexibility index (Phi) is 5.68. The summed E-state index contributed by atoms with van der Waals surface area (Å²) >= 11 is 0. The molecule has 0 aliphatic heterocycles. The summed E-state index contributed by atoms with van der Waals surface area (Å²) in [5.41, 5.74) is -0.214. The molecule has 2 aromatic carbocycles. The molecule has 0 aliphatic rings. The SMILES string of the molecule is C=CCOc1ccc(-c2ccc(OCCC)c(F)c2F)c(F)c1. The van der Waals surface area contributed by atoms with E-state index in [1.807, 2.05) is 6.92 Å². The van der Waals surface area contributed by atoms with E-state index in [2.05, 4.69) is 6.58 Å². The van der Waals surface area contributed by atoms with Crippen molar-refractivity contribution < 1.29 is 22.6 Å². The minimum Gasteiger partial charge on any atom is -0.490 e. The van der Waals surface area contributed by atoms with Crippen molar-refractivity contribution in [2.75, 3.05) is 13.2 Å². The lowest BCUT2D eigenvalue weighted by Crippen LogP contribution is -2.01. The molecule has 0 saturated heterocycles. The Labute approximate surface area is 133 Å². The summed E-state index contributed by atoms with van der Waals surface area (Å²) in [6.07, 6.45) is 2.19. The van der Waals surface area contributed by atoms with Crippen LogP contribution in [0, 0.1) is 17.5 Å². The molecular weight excluding hydrogens is 305 g/mol. The van der Waals surface area contributed by atoms with Crippen LogP contribution in [0.5, 0.6) is 11.5 Å². The van der Waals surface area contributed by atoms with Crippen LogP contribution in [-0.2, 0) is 0 Å². The van der Waals surface area contributed by atoms with E-state index in [4.69, 9.17) is 9.47 Å². The average molecular weight is 322 g/mol. The quantitative estimate of drug-likeness (QED) is 0.658. The zero-order valence-corrected chi connectivity index (χ0v) is 12.7. The van der Waals surface area contributed by atoms with Gasteiger partial charge >= 0.3 is 0 Å². The zero-order chi connectivity index (χ0) is 16.8. The first-order chi connectivity index (χ1) is 11.1. The summed E-state index contributed by atoms with van der Waals surface area (Å²) in [5, 5.41) is 0. The highest BCUT2D eigenvalue weighted by Crippen LogP contribution is 2.32. The Morgan fingerprint density at radius 2 is 1.74 bits per heavy atom. The molecule has 2 rings (SSSR count). The van der Waals surface area contributed by atoms with Crippen LogP contribution in [0.2, 0.25) is 0 Å². The van der Waals surface area contributed by atoms with E-state index >= 15 is 0 Å². The number of ether oxygens (including phenoxy) is 2. The lowest BCUT2D eigenvalue weighted by atomic mass is 10.0. The van der Waals surface area contributed by atoms with Gasteiger partial charge in [0.25, 0.3) is 0 Å². The van der Waals surface area contributed by atoms with Crippen LogP contribution in [0.25, 0.3) is 11.1 Å². The van der Waals surface area contributed by atoms with Gasteiger partial charge in [0.15, 0.2) is 11.6 Å². The third-order valence-electron chi connectivity index (χ3n) is 3.11. The molecule has 0 atom stereocenters. The second-order valence-corrected chi connectivity index (χ2v) is 4.83. The second kappa shape index (κ2) is 7.72. The van der Waals surface area contributed by atoms with Crippen LogP contribution in [0.1, 0.15) is 13.3 Å². The van der Waals surface area contributed by atoms with E-state index in [0.717, 1.165) is 6.07 Å². The molecule has 0 N–H and O–H groups in total. The highest BCUT2D eigenvalue weighted by atomic mass is 19.2. The van der Waals surface area contributed by atoms with E-state index in [9.17, 15) is 13.2 Å². The predicted octanol–water partition coefficient (Wildman–Crippen LogP) is 5.12. The highest BCUT2D eigenvalue weighted by Gasteiger charge is 2.18. The van der Waals surface area contributed by atoms with Gasteiger partial charge < -0.3 is 9.47 Å². The molecule has 0 heterocycles. The van der Waals surface area contributed by atoms with Gasteiger partial charge in [0.05, 0.1) is 6.61 Å². The molecule has 5 heteroatoms. The minimum atomic E-state index is -1.14. The van der Waals surface area contributed by atoms with Crippen LogP contribution < -0.4 is 9.47 Å². The number of halogens is 3. The number of hydrogen-bond acceptors (Lipinski definition) is 2. The van der Waals surface area contributed by atoms with Gasteiger partial charge in [0.2, 0.25) is 5.82 Å². The van der Waals surface area contributed by atoms with Crippen LogP contribution in [0.4, 0.5) is 13.2 Å². The Bertz CT molecular complexity index is 699. The van der Waals surface area contributed by atoms with Crippen molar-refractivity contribution in [1.29, 1.82) is 0 Å². The van der Waals surface area contributed by atoms with Gasteiger partial charge in [-0.1, -0.05) is 19.6 Å². The van der Waals surface area contributed by atoms with E-state index in [0.29, 0.717) is 6.42 Å². The Morgan fingerprint density at radius 1 is 1.00 bits per heavy atom. The lowest BCUT2D eigenvalue weighted by Gasteiger charge is -2.11. The smallest absolute Gasteiger partial charge is 0.201 e. The van der Waals surface area contributed by atoms with Crippen molar-refractivity contribution >= 4 is 0 Å². The van der Waals surface area contributed by atoms with Gasteiger partial charge in [0.1, 0.15) is 18.2 Å². The van der Waals surface area contributed by atoms with Gasteiger partial charge in [-0.2, -0.15) is 4.39 Å². The first kappa shape index (κ1) is 16.9. The molecule has 0 fully saturated rings. The minimum absolute atomic E-state index is 0.0469. The van der Waals surface area contributed by atoms with Gasteiger partial charge in [-0.05, 0) is 30.7 Å². The largest absolute Gasteiger partial charge is 0.490 e. The average Bonchev–Trinajstić information content (AvgIpc) is 2.55. The maximum Gasteiger partial charge on any atom is 0.201 e. The van der Waals surface area contributed by atoms with Gasteiger partial charge in [0, 0.05) is 17.2 Å². The molecule has 0 bridgehead atoms. The molecule has 2 aromatic rings. The second-order valence-electron chi connectivity index (χ2n) is 4.83. The molecular formula is C18H17F3O2. The Morgan fingerprint density at radius 3 is 2.39 bits per heavy atom. The Balaban J connectivity index is 2.34.